The van der Waals surface area contributed by atoms with Crippen LogP contribution in [0.25, 0.3) is 0 Å². The zero-order valence-electron chi connectivity index (χ0n) is 8.79. The Kier molecular flexibility index (Phi) is 3.53. The molecule has 0 amide bonds. The highest BCUT2D eigenvalue weighted by Crippen LogP contribution is 2.46. The van der Waals surface area contributed by atoms with Crippen molar-refractivity contribution in [1.82, 2.24) is 0 Å². The summed E-state index contributed by atoms with van der Waals surface area (Å²) in [5.41, 5.74) is 0. The lowest BCUT2D eigenvalue weighted by Gasteiger charge is -2.26. The largest absolute Gasteiger partial charge is 0.227 e. The fraction of sp³-hybridized carbons (Fsp3) is 0.778. The molecule has 0 heterocycles. The molecule has 2 aliphatic rings. The van der Waals surface area contributed by atoms with Gasteiger partial charge in [-0.1, -0.05) is 12.2 Å². The molecule has 2 aliphatic carbocycles. The molecule has 0 saturated heterocycles. The number of hydrogen-bond acceptors (Lipinski definition) is 4. The summed E-state index contributed by atoms with van der Waals surface area (Å²) in [5, 5.41) is -2.97. The van der Waals surface area contributed by atoms with Crippen LogP contribution in [0.1, 0.15) is 6.42 Å². The number of hydrogen-bond donors (Lipinski definition) is 0. The Labute approximate surface area is 111 Å². The lowest BCUT2D eigenvalue weighted by atomic mass is 10.1. The van der Waals surface area contributed by atoms with E-state index in [1.807, 2.05) is 0 Å². The summed E-state index contributed by atoms with van der Waals surface area (Å²) in [5.74, 6) is -0.488. The fourth-order valence-corrected chi connectivity index (χ4v) is 7.69. The predicted octanol–water partition coefficient (Wildman–Crippen LogP) is 1.15. The molecule has 0 aromatic heterocycles. The van der Waals surface area contributed by atoms with Crippen molar-refractivity contribution in [2.45, 2.75) is 16.9 Å². The van der Waals surface area contributed by atoms with Crippen LogP contribution in [0.15, 0.2) is 12.2 Å². The molecule has 0 aromatic rings. The molecule has 0 aliphatic heterocycles. The van der Waals surface area contributed by atoms with Crippen LogP contribution in [0.3, 0.4) is 0 Å². The van der Waals surface area contributed by atoms with Crippen LogP contribution in [0.4, 0.5) is 0 Å². The highest BCUT2D eigenvalue weighted by atomic mass is 35.5. The lowest BCUT2D eigenvalue weighted by Crippen LogP contribution is -2.43. The number of halogens is 2. The van der Waals surface area contributed by atoms with Crippen molar-refractivity contribution >= 4 is 42.9 Å². The van der Waals surface area contributed by atoms with Gasteiger partial charge in [0, 0.05) is 0 Å². The normalized spacial score (nSPS) is 36.6. The molecule has 1 saturated carbocycles. The maximum atomic E-state index is 11.9. The van der Waals surface area contributed by atoms with Crippen LogP contribution in [0.5, 0.6) is 0 Å². The van der Waals surface area contributed by atoms with E-state index in [2.05, 4.69) is 0 Å². The van der Waals surface area contributed by atoms with Gasteiger partial charge in [-0.2, -0.15) is 0 Å². The van der Waals surface area contributed by atoms with E-state index >= 15 is 0 Å². The van der Waals surface area contributed by atoms with Crippen LogP contribution < -0.4 is 0 Å². The van der Waals surface area contributed by atoms with E-state index in [9.17, 15) is 16.8 Å². The molecule has 1 fully saturated rings. The maximum Gasteiger partial charge on any atom is 0.168 e. The minimum atomic E-state index is -3.59. The average molecular weight is 319 g/mol. The van der Waals surface area contributed by atoms with Gasteiger partial charge in [-0.05, 0) is 18.3 Å². The standard InChI is InChI=1S/C9H12Cl2O4S2/c10-4-16(12,13)8-6-1-2-7(3-6)9(8)17(14,15)5-11/h1-2,6-9H,3-5H2. The zero-order chi connectivity index (χ0) is 12.8. The first-order valence-electron chi connectivity index (χ1n) is 5.07. The van der Waals surface area contributed by atoms with Crippen LogP contribution in [0.2, 0.25) is 0 Å². The second-order valence-corrected chi connectivity index (χ2v) is 9.91. The van der Waals surface area contributed by atoms with E-state index in [0.29, 0.717) is 6.42 Å². The van der Waals surface area contributed by atoms with E-state index in [1.54, 1.807) is 12.2 Å². The quantitative estimate of drug-likeness (QED) is 0.576. The molecule has 0 spiro atoms. The zero-order valence-corrected chi connectivity index (χ0v) is 11.9. The van der Waals surface area contributed by atoms with Crippen molar-refractivity contribution in [3.05, 3.63) is 12.2 Å². The van der Waals surface area contributed by atoms with Crippen molar-refractivity contribution in [3.8, 4) is 0 Å². The molecule has 0 aromatic carbocycles. The van der Waals surface area contributed by atoms with Crippen molar-refractivity contribution in [3.63, 3.8) is 0 Å². The summed E-state index contributed by atoms with van der Waals surface area (Å²) in [6.45, 7) is 0. The minimum absolute atomic E-state index is 0.244. The van der Waals surface area contributed by atoms with E-state index in [1.165, 1.54) is 0 Å². The smallest absolute Gasteiger partial charge is 0.168 e. The maximum absolute atomic E-state index is 11.9. The van der Waals surface area contributed by atoms with Crippen LogP contribution in [-0.4, -0.2) is 37.8 Å². The Morgan fingerprint density at radius 3 is 1.53 bits per heavy atom. The summed E-state index contributed by atoms with van der Waals surface area (Å²) in [6.07, 6.45) is 4.11. The number of alkyl halides is 2. The molecule has 4 nitrogen and oxygen atoms in total. The number of fused-ring (bicyclic) bond motifs is 2. The van der Waals surface area contributed by atoms with Gasteiger partial charge in [-0.15, -0.1) is 23.2 Å². The molecule has 2 rings (SSSR count). The topological polar surface area (TPSA) is 68.3 Å². The van der Waals surface area contributed by atoms with Gasteiger partial charge in [0.05, 0.1) is 10.5 Å². The Morgan fingerprint density at radius 1 is 0.882 bits per heavy atom. The van der Waals surface area contributed by atoms with Gasteiger partial charge >= 0.3 is 0 Å². The molecule has 98 valence electrons. The third-order valence-electron chi connectivity index (χ3n) is 3.45. The van der Waals surface area contributed by atoms with E-state index < -0.39 is 40.6 Å². The Balaban J connectivity index is 2.48. The van der Waals surface area contributed by atoms with Gasteiger partial charge in [0.25, 0.3) is 0 Å². The summed E-state index contributed by atoms with van der Waals surface area (Å²) in [6, 6.07) is 0. The third kappa shape index (κ3) is 2.13. The fourth-order valence-electron chi connectivity index (χ4n) is 2.82. The van der Waals surface area contributed by atoms with E-state index in [0.717, 1.165) is 0 Å². The van der Waals surface area contributed by atoms with Crippen molar-refractivity contribution in [2.24, 2.45) is 11.8 Å². The van der Waals surface area contributed by atoms with Gasteiger partial charge in [-0.3, -0.25) is 0 Å². The second kappa shape index (κ2) is 4.40. The van der Waals surface area contributed by atoms with Crippen LogP contribution in [0, 0.1) is 11.8 Å². The molecule has 0 N–H and O–H groups in total. The molecule has 0 radical (unpaired) electrons. The molecular weight excluding hydrogens is 307 g/mol. The predicted molar refractivity (Wildman–Crippen MR) is 67.6 cm³/mol. The summed E-state index contributed by atoms with van der Waals surface area (Å²) >= 11 is 10.9. The second-order valence-electron chi connectivity index (χ2n) is 4.42. The summed E-state index contributed by atoms with van der Waals surface area (Å²) < 4.78 is 47.6. The highest BCUT2D eigenvalue weighted by molar-refractivity contribution is 7.97. The monoisotopic (exact) mass is 318 g/mol. The SMILES string of the molecule is O=S(=O)(CCl)C1C2C=CC(C2)C1S(=O)(=O)CCl. The van der Waals surface area contributed by atoms with Crippen molar-refractivity contribution in [1.29, 1.82) is 0 Å². The number of rotatable bonds is 4. The molecule has 2 bridgehead atoms. The summed E-state index contributed by atoms with van der Waals surface area (Å²) in [7, 11) is -7.19. The lowest BCUT2D eigenvalue weighted by molar-refractivity contribution is 0.545. The van der Waals surface area contributed by atoms with Crippen LogP contribution >= 0.6 is 23.2 Å². The van der Waals surface area contributed by atoms with Gasteiger partial charge < -0.3 is 0 Å². The van der Waals surface area contributed by atoms with E-state index in [4.69, 9.17) is 23.2 Å². The van der Waals surface area contributed by atoms with Gasteiger partial charge in [0.1, 0.15) is 10.4 Å². The highest BCUT2D eigenvalue weighted by Gasteiger charge is 2.55. The molecule has 4 unspecified atom stereocenters. The van der Waals surface area contributed by atoms with Crippen molar-refractivity contribution in [2.75, 3.05) is 10.4 Å². The number of allylic oxidation sites excluding steroid dienone is 2. The molecule has 4 atom stereocenters. The Hall–Kier alpha value is 0.220. The first kappa shape index (κ1) is 13.6. The average Bonchev–Trinajstić information content (AvgIpc) is 2.88. The van der Waals surface area contributed by atoms with Gasteiger partial charge in [0.15, 0.2) is 19.7 Å². The first-order chi connectivity index (χ1) is 7.83. The number of sulfone groups is 2. The Bertz CT molecular complexity index is 489. The van der Waals surface area contributed by atoms with Crippen molar-refractivity contribution < 1.29 is 16.8 Å². The summed E-state index contributed by atoms with van der Waals surface area (Å²) in [4.78, 5) is 0. The van der Waals surface area contributed by atoms with Crippen LogP contribution in [-0.2, 0) is 19.7 Å². The first-order valence-corrected chi connectivity index (χ1v) is 9.57. The van der Waals surface area contributed by atoms with E-state index in [-0.39, 0.29) is 11.8 Å². The molecule has 17 heavy (non-hydrogen) atoms. The Morgan fingerprint density at radius 2 is 1.24 bits per heavy atom. The molecular formula is C9H12Cl2O4S2. The van der Waals surface area contributed by atoms with Gasteiger partial charge in [-0.25, -0.2) is 16.8 Å². The minimum Gasteiger partial charge on any atom is -0.227 e. The van der Waals surface area contributed by atoms with Gasteiger partial charge in [0.2, 0.25) is 0 Å². The molecule has 8 heteroatoms. The third-order valence-corrected chi connectivity index (χ3v) is 9.00.